The summed E-state index contributed by atoms with van der Waals surface area (Å²) < 4.78 is 0.981. The van der Waals surface area contributed by atoms with Crippen molar-refractivity contribution in [2.45, 2.75) is 6.42 Å². The lowest BCUT2D eigenvalue weighted by atomic mass is 10.2. The maximum Gasteiger partial charge on any atom is 0.252 e. The van der Waals surface area contributed by atoms with Gasteiger partial charge >= 0.3 is 0 Å². The van der Waals surface area contributed by atoms with E-state index in [9.17, 15) is 4.79 Å². The predicted octanol–water partition coefficient (Wildman–Crippen LogP) is 5.37. The molecule has 0 saturated carbocycles. The lowest BCUT2D eigenvalue weighted by molar-refractivity contribution is -0.114. The maximum atomic E-state index is 12.9. The molecule has 7 heteroatoms. The number of halogens is 2. The molecule has 0 radical (unpaired) electrons. The Morgan fingerprint density at radius 2 is 1.89 bits per heavy atom. The van der Waals surface area contributed by atoms with E-state index in [-0.39, 0.29) is 18.3 Å². The fourth-order valence-electron chi connectivity index (χ4n) is 2.67. The molecule has 0 aliphatic carbocycles. The van der Waals surface area contributed by atoms with E-state index in [0.29, 0.717) is 16.7 Å². The Labute approximate surface area is 180 Å². The largest absolute Gasteiger partial charge is 0.309 e. The zero-order chi connectivity index (χ0) is 19.2. The quantitative estimate of drug-likeness (QED) is 0.468. The van der Waals surface area contributed by atoms with Crippen molar-refractivity contribution in [3.8, 4) is 0 Å². The van der Waals surface area contributed by atoms with Crippen LogP contribution in [0.4, 0.5) is 5.13 Å². The highest BCUT2D eigenvalue weighted by Gasteiger charge is 2.18. The molecule has 1 heterocycles. The molecule has 28 heavy (non-hydrogen) atoms. The molecule has 0 spiro atoms. The lowest BCUT2D eigenvalue weighted by Gasteiger charge is -2.19. The van der Waals surface area contributed by atoms with Gasteiger partial charge in [-0.05, 0) is 56.9 Å². The van der Waals surface area contributed by atoms with Gasteiger partial charge in [0.2, 0.25) is 0 Å². The summed E-state index contributed by atoms with van der Waals surface area (Å²) in [5, 5.41) is 1.38. The van der Waals surface area contributed by atoms with Crippen LogP contribution in [0.3, 0.4) is 0 Å². The van der Waals surface area contributed by atoms with Crippen LogP contribution < -0.4 is 4.90 Å². The van der Waals surface area contributed by atoms with Crippen molar-refractivity contribution in [3.05, 3.63) is 65.2 Å². The topological polar surface area (TPSA) is 36.4 Å². The molecule has 0 aliphatic rings. The smallest absolute Gasteiger partial charge is 0.252 e. The highest BCUT2D eigenvalue weighted by molar-refractivity contribution is 7.22. The number of aromatic nitrogens is 1. The second-order valence-electron chi connectivity index (χ2n) is 6.50. The first-order chi connectivity index (χ1) is 13.0. The molecule has 0 bridgehead atoms. The number of nitrogens with zero attached hydrogens (tertiary/aromatic N) is 3. The molecule has 0 saturated heterocycles. The van der Waals surface area contributed by atoms with Gasteiger partial charge in [-0.3, -0.25) is 9.69 Å². The van der Waals surface area contributed by atoms with Crippen molar-refractivity contribution in [1.29, 1.82) is 0 Å². The zero-order valence-electron chi connectivity index (χ0n) is 15.8. The first kappa shape index (κ1) is 22.4. The third-order valence-corrected chi connectivity index (χ3v) is 5.32. The van der Waals surface area contributed by atoms with Crippen LogP contribution in [0.1, 0.15) is 12.0 Å². The van der Waals surface area contributed by atoms with Crippen molar-refractivity contribution in [2.24, 2.45) is 0 Å². The Morgan fingerprint density at radius 1 is 1.14 bits per heavy atom. The number of hydrogen-bond donors (Lipinski definition) is 0. The van der Waals surface area contributed by atoms with E-state index in [2.05, 4.69) is 9.88 Å². The Bertz CT molecular complexity index is 941. The maximum absolute atomic E-state index is 12.9. The van der Waals surface area contributed by atoms with Crippen LogP contribution in [-0.2, 0) is 4.79 Å². The Hall–Kier alpha value is -1.92. The van der Waals surface area contributed by atoms with E-state index in [1.54, 1.807) is 11.0 Å². The molecule has 0 aliphatic heterocycles. The fourth-order valence-corrected chi connectivity index (χ4v) is 3.94. The van der Waals surface area contributed by atoms with Crippen molar-refractivity contribution >= 4 is 62.7 Å². The van der Waals surface area contributed by atoms with Crippen LogP contribution in [0.2, 0.25) is 5.02 Å². The molecule has 0 fully saturated rings. The van der Waals surface area contributed by atoms with Gasteiger partial charge in [0, 0.05) is 17.6 Å². The van der Waals surface area contributed by atoms with Gasteiger partial charge in [0.05, 0.1) is 10.2 Å². The number of thiazole rings is 1. The van der Waals surface area contributed by atoms with E-state index in [0.717, 1.165) is 28.7 Å². The summed E-state index contributed by atoms with van der Waals surface area (Å²) >= 11 is 7.58. The molecule has 3 aromatic rings. The second-order valence-corrected chi connectivity index (χ2v) is 7.94. The van der Waals surface area contributed by atoms with Crippen LogP contribution >= 0.6 is 35.3 Å². The van der Waals surface area contributed by atoms with Gasteiger partial charge in [0.15, 0.2) is 5.13 Å². The average molecular weight is 436 g/mol. The summed E-state index contributed by atoms with van der Waals surface area (Å²) in [7, 11) is 4.06. The number of hydrogen-bond acceptors (Lipinski definition) is 4. The minimum absolute atomic E-state index is 0. The van der Waals surface area contributed by atoms with Gasteiger partial charge in [0.25, 0.3) is 5.91 Å². The van der Waals surface area contributed by atoms with Gasteiger partial charge < -0.3 is 4.90 Å². The summed E-state index contributed by atoms with van der Waals surface area (Å²) in [5.41, 5.74) is 1.85. The Balaban J connectivity index is 0.00000280. The van der Waals surface area contributed by atoms with E-state index in [1.807, 2.05) is 68.7 Å². The number of anilines is 1. The molecule has 3 rings (SSSR count). The SMILES string of the molecule is CN(C)CCCN(C(=O)C=Cc1ccccc1)c1nc2ccc(Cl)cc2s1.Cl. The van der Waals surface area contributed by atoms with Crippen LogP contribution in [0.15, 0.2) is 54.6 Å². The molecule has 148 valence electrons. The van der Waals surface area contributed by atoms with Crippen molar-refractivity contribution in [2.75, 3.05) is 32.1 Å². The minimum atomic E-state index is -0.0669. The number of fused-ring (bicyclic) bond motifs is 1. The van der Waals surface area contributed by atoms with Gasteiger partial charge in [0.1, 0.15) is 0 Å². The third-order valence-electron chi connectivity index (χ3n) is 4.04. The minimum Gasteiger partial charge on any atom is -0.309 e. The standard InChI is InChI=1S/C21H22ClN3OS.ClH/c1-24(2)13-6-14-25(20(26)12-9-16-7-4-3-5-8-16)21-23-18-11-10-17(22)15-19(18)27-21;/h3-5,7-12,15H,6,13-14H2,1-2H3;1H. The fraction of sp³-hybridized carbons (Fsp3) is 0.238. The normalized spacial score (nSPS) is 11.1. The lowest BCUT2D eigenvalue weighted by Crippen LogP contribution is -2.32. The van der Waals surface area contributed by atoms with Crippen molar-refractivity contribution in [1.82, 2.24) is 9.88 Å². The number of carbonyl (C=O) groups excluding carboxylic acids is 1. The van der Waals surface area contributed by atoms with Crippen molar-refractivity contribution < 1.29 is 4.79 Å². The van der Waals surface area contributed by atoms with E-state index in [4.69, 9.17) is 11.6 Å². The molecule has 4 nitrogen and oxygen atoms in total. The second kappa shape index (κ2) is 10.6. The molecular formula is C21H23Cl2N3OS. The van der Waals surface area contributed by atoms with E-state index >= 15 is 0 Å². The van der Waals surface area contributed by atoms with Gasteiger partial charge in [-0.2, -0.15) is 0 Å². The summed E-state index contributed by atoms with van der Waals surface area (Å²) in [5.74, 6) is -0.0669. The zero-order valence-corrected chi connectivity index (χ0v) is 18.2. The van der Waals surface area contributed by atoms with Gasteiger partial charge in [-0.15, -0.1) is 12.4 Å². The summed E-state index contributed by atoms with van der Waals surface area (Å²) in [6.45, 7) is 1.52. The molecule has 1 amide bonds. The monoisotopic (exact) mass is 435 g/mol. The van der Waals surface area contributed by atoms with E-state index in [1.165, 1.54) is 11.3 Å². The van der Waals surface area contributed by atoms with Crippen molar-refractivity contribution in [3.63, 3.8) is 0 Å². The molecule has 0 unspecified atom stereocenters. The summed E-state index contributed by atoms with van der Waals surface area (Å²) in [4.78, 5) is 21.4. The van der Waals surface area contributed by atoms with Crippen LogP contribution in [0.25, 0.3) is 16.3 Å². The van der Waals surface area contributed by atoms with E-state index < -0.39 is 0 Å². The first-order valence-corrected chi connectivity index (χ1v) is 9.98. The highest BCUT2D eigenvalue weighted by Crippen LogP contribution is 2.31. The average Bonchev–Trinajstić information content (AvgIpc) is 3.06. The Kier molecular flexibility index (Phi) is 8.45. The number of rotatable bonds is 7. The van der Waals surface area contributed by atoms with Crippen LogP contribution in [0.5, 0.6) is 0 Å². The van der Waals surface area contributed by atoms with Crippen LogP contribution in [-0.4, -0.2) is 43.0 Å². The number of amides is 1. The van der Waals surface area contributed by atoms with Gasteiger partial charge in [-0.25, -0.2) is 4.98 Å². The molecule has 0 atom stereocenters. The summed E-state index contributed by atoms with van der Waals surface area (Å²) in [6, 6.07) is 15.4. The molecule has 0 N–H and O–H groups in total. The van der Waals surface area contributed by atoms with Crippen LogP contribution in [0, 0.1) is 0 Å². The highest BCUT2D eigenvalue weighted by atomic mass is 35.5. The molecule has 2 aromatic carbocycles. The predicted molar refractivity (Wildman–Crippen MR) is 123 cm³/mol. The summed E-state index contributed by atoms with van der Waals surface area (Å²) in [6.07, 6.45) is 4.32. The number of benzene rings is 2. The number of carbonyl (C=O) groups is 1. The Morgan fingerprint density at radius 3 is 2.61 bits per heavy atom. The molecular weight excluding hydrogens is 413 g/mol. The first-order valence-electron chi connectivity index (χ1n) is 8.78. The van der Waals surface area contributed by atoms with Gasteiger partial charge in [-0.1, -0.05) is 53.3 Å². The molecule has 1 aromatic heterocycles. The third kappa shape index (κ3) is 6.04.